The molecule has 0 spiro atoms. The quantitative estimate of drug-likeness (QED) is 0.179. The van der Waals surface area contributed by atoms with E-state index in [4.69, 9.17) is 5.84 Å². The number of hydrogen-bond donors (Lipinski definition) is 4. The van der Waals surface area contributed by atoms with Crippen molar-refractivity contribution in [2.75, 3.05) is 0 Å². The smallest absolute Gasteiger partial charge is 0.240 e. The molecule has 0 aromatic carbocycles. The van der Waals surface area contributed by atoms with E-state index in [1.807, 2.05) is 0 Å². The van der Waals surface area contributed by atoms with Crippen LogP contribution in [0.3, 0.4) is 0 Å². The van der Waals surface area contributed by atoms with Gasteiger partial charge in [-0.2, -0.15) is 0 Å². The average Bonchev–Trinajstić information content (AvgIpc) is 2.77. The lowest BCUT2D eigenvalue weighted by atomic mass is 9.33. The molecule has 35 heavy (non-hydrogen) atoms. The summed E-state index contributed by atoms with van der Waals surface area (Å²) < 4.78 is 0. The summed E-state index contributed by atoms with van der Waals surface area (Å²) in [4.78, 5) is 13.3. The Morgan fingerprint density at radius 2 is 1.60 bits per heavy atom. The largest absolute Gasteiger partial charge is 0.390 e. The SMILES string of the molecule is CC1(C)CC[C@@]2(C(=O)NN)CC[C@@]3(C)C(=CC[C@H]4[C@@]5(C)C[C@H](O)[C@H](O)C(C)(C)[C@@H]5CC[C@@]43C)[C@@H]2C1. The number of carbonyl (C=O) groups excluding carboxylic acids is 1. The van der Waals surface area contributed by atoms with Gasteiger partial charge in [0.15, 0.2) is 0 Å². The van der Waals surface area contributed by atoms with Gasteiger partial charge in [0.25, 0.3) is 0 Å². The lowest BCUT2D eigenvalue weighted by molar-refractivity contribution is -0.231. The molecule has 0 radical (unpaired) electrons. The van der Waals surface area contributed by atoms with Crippen LogP contribution >= 0.6 is 0 Å². The summed E-state index contributed by atoms with van der Waals surface area (Å²) in [5.74, 6) is 6.91. The number of nitrogens with two attached hydrogens (primary N) is 1. The van der Waals surface area contributed by atoms with Crippen LogP contribution in [0, 0.1) is 50.2 Å². The molecular formula is C30H50N2O3. The van der Waals surface area contributed by atoms with Crippen molar-refractivity contribution in [3.8, 4) is 0 Å². The first kappa shape index (κ1) is 25.7. The molecule has 0 aromatic rings. The lowest BCUT2D eigenvalue weighted by Gasteiger charge is -2.71. The minimum Gasteiger partial charge on any atom is -0.390 e. The van der Waals surface area contributed by atoms with Crippen molar-refractivity contribution in [3.05, 3.63) is 11.6 Å². The van der Waals surface area contributed by atoms with Gasteiger partial charge in [-0.1, -0.05) is 60.1 Å². The first-order chi connectivity index (χ1) is 16.1. The van der Waals surface area contributed by atoms with Crippen LogP contribution in [0.5, 0.6) is 0 Å². The summed E-state index contributed by atoms with van der Waals surface area (Å²) in [5, 5.41) is 21.9. The number of aliphatic hydroxyl groups is 2. The molecule has 5 nitrogen and oxygen atoms in total. The molecule has 5 rings (SSSR count). The number of amides is 1. The van der Waals surface area contributed by atoms with Crippen LogP contribution in [-0.4, -0.2) is 28.3 Å². The van der Waals surface area contributed by atoms with E-state index < -0.39 is 12.2 Å². The Kier molecular flexibility index (Phi) is 5.56. The fraction of sp³-hybridized carbons (Fsp3) is 0.900. The van der Waals surface area contributed by atoms with Gasteiger partial charge in [0.05, 0.1) is 17.6 Å². The van der Waals surface area contributed by atoms with Gasteiger partial charge in [0, 0.05) is 0 Å². The summed E-state index contributed by atoms with van der Waals surface area (Å²) in [5.41, 5.74) is 3.75. The number of allylic oxidation sites excluding steroid dienone is 2. The number of hydrazine groups is 1. The van der Waals surface area contributed by atoms with E-state index in [-0.39, 0.29) is 44.3 Å². The van der Waals surface area contributed by atoms with Crippen LogP contribution in [0.2, 0.25) is 0 Å². The number of fused-ring (bicyclic) bond motifs is 7. The van der Waals surface area contributed by atoms with Gasteiger partial charge in [-0.3, -0.25) is 10.2 Å². The highest BCUT2D eigenvalue weighted by molar-refractivity contribution is 5.83. The minimum atomic E-state index is -0.668. The number of nitrogens with one attached hydrogen (secondary N) is 1. The second-order valence-electron chi connectivity index (χ2n) is 15.4. The standard InChI is InChI=1S/C30H50N2O3/c1-25(2)12-14-30(24(35)32-31)15-13-28(6)18(19(30)16-25)8-9-22-27(5)17-20(33)23(34)26(3,4)21(27)10-11-29(22,28)7/h8,19-23,33-34H,9-17,31H2,1-7H3,(H,32,35)/t19-,20-,21-,22-,23-,27-,28-,29-,30+/m0/s1. The Morgan fingerprint density at radius 3 is 2.26 bits per heavy atom. The van der Waals surface area contributed by atoms with Crippen molar-refractivity contribution >= 4 is 5.91 Å². The van der Waals surface area contributed by atoms with E-state index in [0.29, 0.717) is 18.3 Å². The van der Waals surface area contributed by atoms with Gasteiger partial charge in [-0.05, 0) is 103 Å². The first-order valence-electron chi connectivity index (χ1n) is 14.2. The molecule has 0 unspecified atom stereocenters. The molecule has 5 N–H and O–H groups in total. The van der Waals surface area contributed by atoms with Crippen molar-refractivity contribution in [2.24, 2.45) is 56.1 Å². The molecule has 0 bridgehead atoms. The molecular weight excluding hydrogens is 436 g/mol. The molecule has 4 fully saturated rings. The Labute approximate surface area is 212 Å². The Balaban J connectivity index is 1.61. The van der Waals surface area contributed by atoms with Gasteiger partial charge < -0.3 is 10.2 Å². The predicted octanol–water partition coefficient (Wildman–Crippen LogP) is 5.11. The molecule has 9 atom stereocenters. The van der Waals surface area contributed by atoms with Gasteiger partial charge in [0.1, 0.15) is 0 Å². The van der Waals surface area contributed by atoms with Crippen LogP contribution in [0.15, 0.2) is 11.6 Å². The summed E-state index contributed by atoms with van der Waals surface area (Å²) in [6, 6.07) is 0. The van der Waals surface area contributed by atoms with Gasteiger partial charge in [-0.15, -0.1) is 0 Å². The van der Waals surface area contributed by atoms with E-state index in [0.717, 1.165) is 51.4 Å². The maximum Gasteiger partial charge on any atom is 0.240 e. The highest BCUT2D eigenvalue weighted by atomic mass is 16.3. The number of aliphatic hydroxyl groups excluding tert-OH is 2. The molecule has 0 heterocycles. The second-order valence-corrected chi connectivity index (χ2v) is 15.4. The molecule has 1 amide bonds. The molecule has 5 aliphatic carbocycles. The van der Waals surface area contributed by atoms with Crippen molar-refractivity contribution in [2.45, 2.75) is 118 Å². The molecule has 0 aliphatic heterocycles. The number of rotatable bonds is 1. The monoisotopic (exact) mass is 486 g/mol. The zero-order chi connectivity index (χ0) is 25.8. The van der Waals surface area contributed by atoms with Gasteiger partial charge >= 0.3 is 0 Å². The third-order valence-corrected chi connectivity index (χ3v) is 13.2. The average molecular weight is 487 g/mol. The van der Waals surface area contributed by atoms with Crippen molar-refractivity contribution < 1.29 is 15.0 Å². The summed E-state index contributed by atoms with van der Waals surface area (Å²) in [6.07, 6.45) is 10.1. The molecule has 5 heteroatoms. The van der Waals surface area contributed by atoms with Crippen molar-refractivity contribution in [1.82, 2.24) is 5.43 Å². The molecule has 5 aliphatic rings. The topological polar surface area (TPSA) is 95.6 Å². The minimum absolute atomic E-state index is 0.0187. The maximum atomic E-state index is 13.3. The van der Waals surface area contributed by atoms with Gasteiger partial charge in [0.2, 0.25) is 5.91 Å². The van der Waals surface area contributed by atoms with E-state index >= 15 is 0 Å². The van der Waals surface area contributed by atoms with Crippen molar-refractivity contribution in [3.63, 3.8) is 0 Å². The third kappa shape index (κ3) is 3.13. The van der Waals surface area contributed by atoms with Crippen LogP contribution in [0.25, 0.3) is 0 Å². The van der Waals surface area contributed by atoms with Crippen LogP contribution in [0.1, 0.15) is 106 Å². The maximum absolute atomic E-state index is 13.3. The van der Waals surface area contributed by atoms with E-state index in [9.17, 15) is 15.0 Å². The Morgan fingerprint density at radius 1 is 0.943 bits per heavy atom. The number of carbonyl (C=O) groups is 1. The first-order valence-corrected chi connectivity index (χ1v) is 14.2. The zero-order valence-electron chi connectivity index (χ0n) is 23.2. The molecule has 0 saturated heterocycles. The number of hydrogen-bond acceptors (Lipinski definition) is 4. The highest BCUT2D eigenvalue weighted by Gasteiger charge is 2.69. The van der Waals surface area contributed by atoms with Crippen LogP contribution < -0.4 is 11.3 Å². The fourth-order valence-corrected chi connectivity index (χ4v) is 10.9. The normalized spacial score (nSPS) is 52.2. The molecule has 0 aromatic heterocycles. The second kappa shape index (κ2) is 7.57. The Hall–Kier alpha value is -0.910. The highest BCUT2D eigenvalue weighted by Crippen LogP contribution is 2.75. The third-order valence-electron chi connectivity index (χ3n) is 13.2. The summed E-state index contributed by atoms with van der Waals surface area (Å²) in [6.45, 7) is 16.5. The van der Waals surface area contributed by atoms with Crippen molar-refractivity contribution in [1.29, 1.82) is 0 Å². The van der Waals surface area contributed by atoms with Crippen LogP contribution in [-0.2, 0) is 4.79 Å². The van der Waals surface area contributed by atoms with E-state index in [2.05, 4.69) is 60.0 Å². The van der Waals surface area contributed by atoms with Crippen LogP contribution in [0.4, 0.5) is 0 Å². The summed E-state index contributed by atoms with van der Waals surface area (Å²) >= 11 is 0. The fourth-order valence-electron chi connectivity index (χ4n) is 10.9. The predicted molar refractivity (Wildman–Crippen MR) is 139 cm³/mol. The zero-order valence-corrected chi connectivity index (χ0v) is 23.2. The molecule has 4 saturated carbocycles. The van der Waals surface area contributed by atoms with Gasteiger partial charge in [-0.25, -0.2) is 5.84 Å². The summed E-state index contributed by atoms with van der Waals surface area (Å²) in [7, 11) is 0. The van der Waals surface area contributed by atoms with E-state index in [1.165, 1.54) is 5.57 Å². The molecule has 198 valence electrons. The Bertz CT molecular complexity index is 942. The van der Waals surface area contributed by atoms with E-state index in [1.54, 1.807) is 0 Å². The lowest BCUT2D eigenvalue weighted by Crippen LogP contribution is -2.67.